The second-order valence-corrected chi connectivity index (χ2v) is 13.9. The van der Waals surface area contributed by atoms with Gasteiger partial charge in [-0.3, -0.25) is 0 Å². The van der Waals surface area contributed by atoms with E-state index in [1.165, 1.54) is 32.8 Å². The molecular formula is C33H47F3O8S. The third kappa shape index (κ3) is 8.92. The van der Waals surface area contributed by atoms with Crippen molar-refractivity contribution in [3.8, 4) is 11.5 Å². The Morgan fingerprint density at radius 3 is 1.62 bits per heavy atom. The summed E-state index contributed by atoms with van der Waals surface area (Å²) in [5.41, 5.74) is -3.86. The molecule has 1 N–H and O–H groups in total. The lowest BCUT2D eigenvalue weighted by atomic mass is 9.77. The molecule has 254 valence electrons. The van der Waals surface area contributed by atoms with Crippen molar-refractivity contribution in [2.75, 3.05) is 14.2 Å². The minimum absolute atomic E-state index is 0. The standard InChI is InChI=1S/C16H19F3O5S.C15H20O3.2CH4/c1-15(2)8-4-5-12(15)11-9-10(14(20)23-3)6-7-13(11)24-25(21,22)16(17,18)19;1-15(2)8-4-5-12(15)11-9-10(14(17)18-3)6-7-13(11)16;;/h6-7,9,12H,4-5,8H2,1-3H3;6-7,9,12,16H,4-5,8H2,1-3H3;2*1H4. The summed E-state index contributed by atoms with van der Waals surface area (Å²) in [6.45, 7) is 8.32. The fourth-order valence-electron chi connectivity index (χ4n) is 6.19. The highest BCUT2D eigenvalue weighted by atomic mass is 32.2. The molecule has 0 heterocycles. The number of hydrogen-bond acceptors (Lipinski definition) is 8. The first-order chi connectivity index (χ1) is 19.8. The van der Waals surface area contributed by atoms with Gasteiger partial charge in [-0.15, -0.1) is 0 Å². The number of esters is 2. The van der Waals surface area contributed by atoms with Crippen LogP contribution in [0.5, 0.6) is 11.5 Å². The molecule has 2 saturated carbocycles. The Morgan fingerprint density at radius 2 is 1.22 bits per heavy atom. The van der Waals surface area contributed by atoms with Gasteiger partial charge in [-0.25, -0.2) is 9.59 Å². The summed E-state index contributed by atoms with van der Waals surface area (Å²) >= 11 is 0. The molecule has 45 heavy (non-hydrogen) atoms. The molecule has 0 aliphatic heterocycles. The summed E-state index contributed by atoms with van der Waals surface area (Å²) in [6, 6.07) is 8.57. The van der Waals surface area contributed by atoms with E-state index in [1.54, 1.807) is 18.2 Å². The van der Waals surface area contributed by atoms with Gasteiger partial charge in [0.1, 0.15) is 11.5 Å². The molecule has 2 aliphatic carbocycles. The van der Waals surface area contributed by atoms with Crippen molar-refractivity contribution in [2.24, 2.45) is 10.8 Å². The van der Waals surface area contributed by atoms with Crippen molar-refractivity contribution in [1.82, 2.24) is 0 Å². The third-order valence-corrected chi connectivity index (χ3v) is 9.59. The van der Waals surface area contributed by atoms with Crippen molar-refractivity contribution < 1.29 is 49.9 Å². The molecule has 0 saturated heterocycles. The maximum Gasteiger partial charge on any atom is 0.534 e. The van der Waals surface area contributed by atoms with E-state index in [1.807, 2.05) is 13.8 Å². The number of methoxy groups -OCH3 is 2. The maximum atomic E-state index is 12.7. The third-order valence-electron chi connectivity index (χ3n) is 8.63. The number of phenols is 1. The Labute approximate surface area is 265 Å². The van der Waals surface area contributed by atoms with Crippen molar-refractivity contribution >= 4 is 22.1 Å². The molecule has 0 spiro atoms. The second-order valence-electron chi connectivity index (χ2n) is 12.4. The molecule has 0 radical (unpaired) electrons. The molecule has 2 aromatic carbocycles. The highest BCUT2D eigenvalue weighted by Gasteiger charge is 2.49. The van der Waals surface area contributed by atoms with Crippen LogP contribution in [0.25, 0.3) is 0 Å². The second kappa shape index (κ2) is 14.9. The number of ether oxygens (including phenoxy) is 2. The molecule has 0 bridgehead atoms. The molecule has 0 aromatic heterocycles. The molecule has 4 rings (SSSR count). The minimum Gasteiger partial charge on any atom is -0.508 e. The Balaban J connectivity index is 0.000000451. The summed E-state index contributed by atoms with van der Waals surface area (Å²) in [4.78, 5) is 23.3. The number of carbonyl (C=O) groups excluding carboxylic acids is 2. The van der Waals surface area contributed by atoms with Gasteiger partial charge >= 0.3 is 27.6 Å². The smallest absolute Gasteiger partial charge is 0.508 e. The van der Waals surface area contributed by atoms with E-state index < -0.39 is 27.3 Å². The number of hydrogen-bond donors (Lipinski definition) is 1. The van der Waals surface area contributed by atoms with Crippen molar-refractivity contribution in [3.63, 3.8) is 0 Å². The molecule has 8 nitrogen and oxygen atoms in total. The Kier molecular flexibility index (Phi) is 13.1. The van der Waals surface area contributed by atoms with Crippen LogP contribution in [0, 0.1) is 10.8 Å². The van der Waals surface area contributed by atoms with Gasteiger partial charge in [0.2, 0.25) is 0 Å². The number of rotatable bonds is 6. The van der Waals surface area contributed by atoms with Gasteiger partial charge in [0.05, 0.1) is 25.3 Å². The van der Waals surface area contributed by atoms with Crippen LogP contribution in [0.2, 0.25) is 0 Å². The maximum absolute atomic E-state index is 12.7. The van der Waals surface area contributed by atoms with Crippen LogP contribution in [0.1, 0.15) is 125 Å². The number of aromatic hydroxyl groups is 1. The lowest BCUT2D eigenvalue weighted by molar-refractivity contribution is -0.0500. The molecule has 2 fully saturated rings. The molecule has 2 aromatic rings. The SMILES string of the molecule is C.C.COC(=O)c1ccc(O)c(C2CCCC2(C)C)c1.COC(=O)c1ccc(OS(=O)(=O)C(F)(F)F)c(C2CCCC2(C)C)c1. The van der Waals surface area contributed by atoms with Crippen LogP contribution in [0.15, 0.2) is 36.4 Å². The summed E-state index contributed by atoms with van der Waals surface area (Å²) in [5, 5.41) is 10.0. The lowest BCUT2D eigenvalue weighted by Crippen LogP contribution is -2.29. The van der Waals surface area contributed by atoms with Crippen LogP contribution in [0.4, 0.5) is 13.2 Å². The fourth-order valence-corrected chi connectivity index (χ4v) is 6.67. The molecule has 2 aliphatic rings. The molecule has 0 amide bonds. The summed E-state index contributed by atoms with van der Waals surface area (Å²) in [5.74, 6) is -1.08. The fraction of sp³-hybridized carbons (Fsp3) is 0.576. The number of benzene rings is 2. The monoisotopic (exact) mass is 660 g/mol. The zero-order valence-electron chi connectivity index (χ0n) is 25.2. The topological polar surface area (TPSA) is 116 Å². The lowest BCUT2D eigenvalue weighted by Gasteiger charge is -2.29. The quantitative estimate of drug-likeness (QED) is 0.186. The van der Waals surface area contributed by atoms with Crippen molar-refractivity contribution in [2.45, 2.75) is 98.4 Å². The van der Waals surface area contributed by atoms with E-state index in [4.69, 9.17) is 4.74 Å². The predicted molar refractivity (Wildman–Crippen MR) is 167 cm³/mol. The first kappa shape index (κ1) is 39.7. The van der Waals surface area contributed by atoms with Crippen LogP contribution >= 0.6 is 0 Å². The highest BCUT2D eigenvalue weighted by molar-refractivity contribution is 7.88. The summed E-state index contributed by atoms with van der Waals surface area (Å²) in [7, 11) is -3.24. The zero-order valence-corrected chi connectivity index (χ0v) is 26.0. The van der Waals surface area contributed by atoms with Crippen molar-refractivity contribution in [1.29, 1.82) is 0 Å². The zero-order chi connectivity index (χ0) is 32.4. The van der Waals surface area contributed by atoms with Crippen molar-refractivity contribution in [3.05, 3.63) is 58.7 Å². The van der Waals surface area contributed by atoms with Gasteiger partial charge in [-0.05, 0) is 90.3 Å². The van der Waals surface area contributed by atoms with Crippen LogP contribution in [0.3, 0.4) is 0 Å². The molecule has 12 heteroatoms. The first-order valence-corrected chi connectivity index (χ1v) is 15.4. The van der Waals surface area contributed by atoms with E-state index in [0.29, 0.717) is 17.9 Å². The largest absolute Gasteiger partial charge is 0.534 e. The minimum atomic E-state index is -5.79. The number of alkyl halides is 3. The number of halogens is 3. The predicted octanol–water partition coefficient (Wildman–Crippen LogP) is 8.74. The van der Waals surface area contributed by atoms with E-state index in [9.17, 15) is 36.3 Å². The average molecular weight is 661 g/mol. The first-order valence-electron chi connectivity index (χ1n) is 14.0. The van der Waals surface area contributed by atoms with Gasteiger partial charge in [0.15, 0.2) is 0 Å². The Bertz CT molecular complexity index is 1450. The number of phenolic OH excluding ortho intramolecular Hbond substituents is 1. The van der Waals surface area contributed by atoms with Crippen LogP contribution < -0.4 is 4.18 Å². The summed E-state index contributed by atoms with van der Waals surface area (Å²) in [6.07, 6.45) is 5.70. The molecule has 2 unspecified atom stereocenters. The number of carbonyl (C=O) groups is 2. The van der Waals surface area contributed by atoms with Gasteiger partial charge in [0, 0.05) is 5.56 Å². The average Bonchev–Trinajstić information content (AvgIpc) is 3.47. The normalized spacial score (nSPS) is 20.0. The van der Waals surface area contributed by atoms with Crippen LogP contribution in [-0.4, -0.2) is 45.2 Å². The summed E-state index contributed by atoms with van der Waals surface area (Å²) < 4.78 is 74.5. The molecule has 2 atom stereocenters. The van der Waals surface area contributed by atoms with Crippen LogP contribution in [-0.2, 0) is 19.6 Å². The Hall–Kier alpha value is -3.28. The van der Waals surface area contributed by atoms with Gasteiger partial charge in [0.25, 0.3) is 0 Å². The van der Waals surface area contributed by atoms with Gasteiger partial charge in [-0.1, -0.05) is 55.4 Å². The van der Waals surface area contributed by atoms with Gasteiger partial charge < -0.3 is 18.8 Å². The van der Waals surface area contributed by atoms with E-state index in [2.05, 4.69) is 22.8 Å². The Morgan fingerprint density at radius 1 is 0.800 bits per heavy atom. The van der Waals surface area contributed by atoms with E-state index in [-0.39, 0.29) is 54.4 Å². The van der Waals surface area contributed by atoms with E-state index >= 15 is 0 Å². The highest BCUT2D eigenvalue weighted by Crippen LogP contribution is 2.52. The van der Waals surface area contributed by atoms with E-state index in [0.717, 1.165) is 37.3 Å². The van der Waals surface area contributed by atoms with Gasteiger partial charge in [-0.2, -0.15) is 21.6 Å². The molecular weight excluding hydrogens is 613 g/mol.